The molecule has 266 valence electrons. The van der Waals surface area contributed by atoms with Crippen molar-refractivity contribution in [3.8, 4) is 0 Å². The van der Waals surface area contributed by atoms with Gasteiger partial charge in [-0.2, -0.15) is 0 Å². The van der Waals surface area contributed by atoms with E-state index < -0.39 is 53.6 Å². The molecule has 0 aromatic carbocycles. The van der Waals surface area contributed by atoms with Crippen LogP contribution in [0.4, 0.5) is 0 Å². The van der Waals surface area contributed by atoms with Crippen molar-refractivity contribution in [2.75, 3.05) is 6.61 Å². The maximum atomic E-state index is 12.9. The van der Waals surface area contributed by atoms with Crippen molar-refractivity contribution < 1.29 is 48.9 Å². The molecule has 17 atom stereocenters. The lowest BCUT2D eigenvalue weighted by Gasteiger charge is -2.63. The largest absolute Gasteiger partial charge is 0.457 e. The Balaban J connectivity index is 1.10. The van der Waals surface area contributed by atoms with Crippen LogP contribution in [0.5, 0.6) is 0 Å². The fourth-order valence-electron chi connectivity index (χ4n) is 14.4. The molecule has 8 aliphatic rings. The van der Waals surface area contributed by atoms with E-state index in [4.69, 9.17) is 23.7 Å². The molecule has 47 heavy (non-hydrogen) atoms. The number of aliphatic hydroxyl groups excluding tert-OH is 4. The van der Waals surface area contributed by atoms with Crippen LogP contribution in [-0.4, -0.2) is 93.4 Å². The zero-order valence-corrected chi connectivity index (χ0v) is 29.5. The Bertz CT molecular complexity index is 1320. The highest BCUT2D eigenvalue weighted by Gasteiger charge is 2.88. The van der Waals surface area contributed by atoms with Crippen LogP contribution in [-0.2, 0) is 28.5 Å². The topological polar surface area (TPSA) is 144 Å². The maximum absolute atomic E-state index is 12.9. The van der Waals surface area contributed by atoms with Gasteiger partial charge in [0.25, 0.3) is 0 Å². The third-order valence-corrected chi connectivity index (χ3v) is 16.3. The van der Waals surface area contributed by atoms with E-state index in [0.29, 0.717) is 11.8 Å². The number of esters is 1. The number of carbonyl (C=O) groups excluding carboxylic acids is 1. The molecule has 2 bridgehead atoms. The normalized spacial score (nSPS) is 59.8. The highest BCUT2D eigenvalue weighted by molar-refractivity contribution is 5.66. The van der Waals surface area contributed by atoms with Crippen molar-refractivity contribution in [3.63, 3.8) is 0 Å². The van der Waals surface area contributed by atoms with Crippen LogP contribution in [0.25, 0.3) is 0 Å². The molecule has 0 radical (unpaired) electrons. The van der Waals surface area contributed by atoms with Gasteiger partial charge in [0.15, 0.2) is 18.2 Å². The average molecular weight is 663 g/mol. The molecule has 0 aromatic rings. The third-order valence-electron chi connectivity index (χ3n) is 16.3. The minimum atomic E-state index is -1.29. The summed E-state index contributed by atoms with van der Waals surface area (Å²) in [6.45, 7) is 17.0. The highest BCUT2D eigenvalue weighted by atomic mass is 16.8. The number of hydrogen-bond donors (Lipinski definition) is 4. The zero-order chi connectivity index (χ0) is 33.9. The first-order valence-electron chi connectivity index (χ1n) is 18.4. The van der Waals surface area contributed by atoms with E-state index in [1.54, 1.807) is 0 Å². The molecule has 3 aliphatic heterocycles. The molecule has 10 nitrogen and oxygen atoms in total. The quantitative estimate of drug-likeness (QED) is 0.261. The van der Waals surface area contributed by atoms with Crippen molar-refractivity contribution in [3.05, 3.63) is 0 Å². The maximum Gasteiger partial charge on any atom is 0.303 e. The fourth-order valence-corrected chi connectivity index (χ4v) is 14.4. The van der Waals surface area contributed by atoms with Crippen molar-refractivity contribution in [2.45, 2.75) is 167 Å². The minimum absolute atomic E-state index is 0.0185. The standard InChI is InChI=1S/C37H58O10/c1-18-15-21-28(44-19(2)38)32(5,6)47-37(46-21)27(18)33(7)13-14-36-17-35(36)12-11-24(45-29-26(41)25(40)20(39)16-43-29)31(3,4)22(35)9-10-23(36)34(33,8)30(37)42/h18,20-30,39-42H,9-17H2,1-8H3/t18?,20-,21?,22?,23?,24+,25+,26-,27?,28+,29?,30-,33-,34-,35?,36?,37?/m1/s1. The summed E-state index contributed by atoms with van der Waals surface area (Å²) in [5.41, 5.74) is -1.32. The second kappa shape index (κ2) is 9.93. The molecular weight excluding hydrogens is 604 g/mol. The Morgan fingerprint density at radius 1 is 0.872 bits per heavy atom. The van der Waals surface area contributed by atoms with Gasteiger partial charge < -0.3 is 44.1 Å². The van der Waals surface area contributed by atoms with E-state index in [-0.39, 0.29) is 58.3 Å². The summed E-state index contributed by atoms with van der Waals surface area (Å²) in [5, 5.41) is 43.8. The average Bonchev–Trinajstić information content (AvgIpc) is 3.62. The van der Waals surface area contributed by atoms with Crippen LogP contribution in [0.1, 0.15) is 107 Å². The Morgan fingerprint density at radius 3 is 2.26 bits per heavy atom. The van der Waals surface area contributed by atoms with Gasteiger partial charge in [0, 0.05) is 18.3 Å². The molecule has 5 aliphatic carbocycles. The van der Waals surface area contributed by atoms with E-state index in [0.717, 1.165) is 51.4 Å². The molecule has 3 heterocycles. The van der Waals surface area contributed by atoms with Gasteiger partial charge in [-0.1, -0.05) is 34.6 Å². The van der Waals surface area contributed by atoms with Gasteiger partial charge in [-0.15, -0.1) is 0 Å². The lowest BCUT2D eigenvalue weighted by atomic mass is 9.41. The summed E-state index contributed by atoms with van der Waals surface area (Å²) >= 11 is 0. The molecule has 0 aromatic heterocycles. The molecule has 8 fully saturated rings. The molecule has 5 saturated carbocycles. The van der Waals surface area contributed by atoms with Crippen LogP contribution in [0, 0.1) is 50.7 Å². The minimum Gasteiger partial charge on any atom is -0.457 e. The van der Waals surface area contributed by atoms with E-state index in [1.165, 1.54) is 6.92 Å². The number of rotatable bonds is 3. The van der Waals surface area contributed by atoms with Crippen LogP contribution >= 0.6 is 0 Å². The predicted octanol–water partition coefficient (Wildman–Crippen LogP) is 3.69. The lowest BCUT2D eigenvalue weighted by molar-refractivity contribution is -0.430. The summed E-state index contributed by atoms with van der Waals surface area (Å²) in [7, 11) is 0. The van der Waals surface area contributed by atoms with Crippen molar-refractivity contribution in [2.24, 2.45) is 50.7 Å². The summed E-state index contributed by atoms with van der Waals surface area (Å²) in [5.74, 6) is -0.514. The third kappa shape index (κ3) is 3.88. The number of carbonyl (C=O) groups is 1. The summed E-state index contributed by atoms with van der Waals surface area (Å²) in [6, 6.07) is 0. The predicted molar refractivity (Wildman–Crippen MR) is 168 cm³/mol. The monoisotopic (exact) mass is 662 g/mol. The first-order chi connectivity index (χ1) is 21.8. The van der Waals surface area contributed by atoms with Crippen molar-refractivity contribution in [1.82, 2.24) is 0 Å². The van der Waals surface area contributed by atoms with Gasteiger partial charge in [-0.3, -0.25) is 4.79 Å². The zero-order valence-electron chi connectivity index (χ0n) is 29.5. The Kier molecular flexibility index (Phi) is 7.03. The molecule has 4 N–H and O–H groups in total. The van der Waals surface area contributed by atoms with Gasteiger partial charge in [-0.25, -0.2) is 0 Å². The molecular formula is C37H58O10. The van der Waals surface area contributed by atoms with Gasteiger partial charge in [0.1, 0.15) is 36.1 Å². The van der Waals surface area contributed by atoms with E-state index >= 15 is 0 Å². The van der Waals surface area contributed by atoms with Crippen molar-refractivity contribution in [1.29, 1.82) is 0 Å². The van der Waals surface area contributed by atoms with Gasteiger partial charge in [0.05, 0.1) is 12.7 Å². The van der Waals surface area contributed by atoms with Crippen LogP contribution in [0.3, 0.4) is 0 Å². The first-order valence-corrected chi connectivity index (χ1v) is 18.4. The summed E-state index contributed by atoms with van der Waals surface area (Å²) in [6.07, 6.45) is 1.47. The SMILES string of the molecule is CC(=O)O[C@H]1C2CC(C)C3C(O2)(OC1(C)C)[C@H](O)[C@@]1(C)C2CCC4C(C)(C)[C@@H](OC5OC[C@@H](O)[C@H](O)[C@H]5O)CCC45CC25CC[C@]31C. The van der Waals surface area contributed by atoms with E-state index in [1.807, 2.05) is 13.8 Å². The summed E-state index contributed by atoms with van der Waals surface area (Å²) < 4.78 is 31.9. The van der Waals surface area contributed by atoms with Crippen LogP contribution < -0.4 is 0 Å². The second-order valence-corrected chi connectivity index (χ2v) is 18.8. The van der Waals surface area contributed by atoms with Gasteiger partial charge >= 0.3 is 5.97 Å². The number of ether oxygens (including phenoxy) is 5. The lowest BCUT2D eigenvalue weighted by Crippen LogP contribution is -2.71. The Hall–Kier alpha value is -0.850. The first kappa shape index (κ1) is 33.3. The summed E-state index contributed by atoms with van der Waals surface area (Å²) in [4.78, 5) is 12.1. The van der Waals surface area contributed by atoms with Gasteiger partial charge in [0.2, 0.25) is 0 Å². The van der Waals surface area contributed by atoms with Crippen LogP contribution in [0.2, 0.25) is 0 Å². The number of fused-ring (bicyclic) bond motifs is 4. The Morgan fingerprint density at radius 2 is 1.55 bits per heavy atom. The van der Waals surface area contributed by atoms with Crippen molar-refractivity contribution >= 4 is 5.97 Å². The van der Waals surface area contributed by atoms with E-state index in [9.17, 15) is 25.2 Å². The fraction of sp³-hybridized carbons (Fsp3) is 0.973. The molecule has 3 spiro atoms. The highest BCUT2D eigenvalue weighted by Crippen LogP contribution is 2.90. The van der Waals surface area contributed by atoms with Gasteiger partial charge in [-0.05, 0) is 105 Å². The molecule has 10 heteroatoms. The molecule has 3 saturated heterocycles. The van der Waals surface area contributed by atoms with E-state index in [2.05, 4.69) is 34.6 Å². The second-order valence-electron chi connectivity index (χ2n) is 18.8. The molecule has 8 rings (SSSR count). The van der Waals surface area contributed by atoms with Crippen LogP contribution in [0.15, 0.2) is 0 Å². The number of hydrogen-bond acceptors (Lipinski definition) is 10. The molecule has 9 unspecified atom stereocenters. The smallest absolute Gasteiger partial charge is 0.303 e. The Labute approximate surface area is 279 Å². The molecule has 0 amide bonds. The number of aliphatic hydroxyl groups is 4.